The summed E-state index contributed by atoms with van der Waals surface area (Å²) < 4.78 is 24.5. The zero-order chi connectivity index (χ0) is 49.4. The van der Waals surface area contributed by atoms with E-state index in [1.165, 1.54) is 0 Å². The Morgan fingerprint density at radius 3 is 1.42 bits per heavy atom. The summed E-state index contributed by atoms with van der Waals surface area (Å²) in [5.74, 6) is 2.91. The molecule has 368 valence electrons. The van der Waals surface area contributed by atoms with Gasteiger partial charge in [-0.05, 0) is 149 Å². The maximum Gasteiger partial charge on any atom is 0.373 e. The molecule has 71 heavy (non-hydrogen) atoms. The number of hydrogen-bond acceptors (Lipinski definition) is 12. The normalized spacial score (nSPS) is 27.2. The predicted molar refractivity (Wildman–Crippen MR) is 263 cm³/mol. The lowest BCUT2D eigenvalue weighted by atomic mass is 9.71. The summed E-state index contributed by atoms with van der Waals surface area (Å²) in [5, 5.41) is 34.2. The Morgan fingerprint density at radius 2 is 1.03 bits per heavy atom. The topological polar surface area (TPSA) is 175 Å². The molecule has 6 aliphatic carbocycles. The van der Waals surface area contributed by atoms with Gasteiger partial charge in [0.2, 0.25) is 0 Å². The molecule has 0 spiro atoms. The number of hydrogen-bond donors (Lipinski definition) is 2. The van der Waals surface area contributed by atoms with Crippen molar-refractivity contribution in [1.29, 1.82) is 0 Å². The van der Waals surface area contributed by atoms with Gasteiger partial charge < -0.3 is 28.7 Å². The number of ether oxygens (including phenoxy) is 2. The van der Waals surface area contributed by atoms with Crippen LogP contribution in [-0.2, 0) is 43.5 Å². The van der Waals surface area contributed by atoms with E-state index in [1.807, 2.05) is 42.5 Å². The molecular formula is C54H51Cl4N5O8. The summed E-state index contributed by atoms with van der Waals surface area (Å²) in [6.07, 6.45) is 15.0. The summed E-state index contributed by atoms with van der Waals surface area (Å²) in [7, 11) is 0. The van der Waals surface area contributed by atoms with Crippen LogP contribution < -0.4 is 0 Å². The highest BCUT2D eigenvalue weighted by Crippen LogP contribution is 2.57. The van der Waals surface area contributed by atoms with E-state index < -0.39 is 11.2 Å². The van der Waals surface area contributed by atoms with Gasteiger partial charge in [0.15, 0.2) is 5.69 Å². The maximum absolute atomic E-state index is 11.7. The van der Waals surface area contributed by atoms with E-state index >= 15 is 0 Å². The van der Waals surface area contributed by atoms with Crippen molar-refractivity contribution < 1.29 is 38.3 Å². The number of aromatic nitrogens is 4. The van der Waals surface area contributed by atoms with Gasteiger partial charge in [0, 0.05) is 46.5 Å². The van der Waals surface area contributed by atoms with Crippen LogP contribution in [0.5, 0.6) is 0 Å². The Balaban J connectivity index is 0.000000156. The fourth-order valence-corrected chi connectivity index (χ4v) is 13.1. The van der Waals surface area contributed by atoms with Crippen molar-refractivity contribution in [2.24, 2.45) is 23.7 Å². The molecule has 0 aliphatic heterocycles. The van der Waals surface area contributed by atoms with E-state index in [1.54, 1.807) is 36.7 Å². The van der Waals surface area contributed by atoms with Crippen LogP contribution in [0.1, 0.15) is 123 Å². The molecule has 4 heterocycles. The highest BCUT2D eigenvalue weighted by Gasteiger charge is 2.56. The van der Waals surface area contributed by atoms with E-state index in [-0.39, 0.29) is 42.0 Å². The van der Waals surface area contributed by atoms with Crippen molar-refractivity contribution in [3.63, 3.8) is 0 Å². The lowest BCUT2D eigenvalue weighted by Gasteiger charge is -2.42. The Labute approximate surface area is 431 Å². The van der Waals surface area contributed by atoms with Gasteiger partial charge in [0.05, 0.1) is 63.5 Å². The molecule has 4 aromatic heterocycles. The largest absolute Gasteiger partial charge is 0.383 e. The van der Waals surface area contributed by atoms with Gasteiger partial charge in [-0.15, -0.1) is 0 Å². The van der Waals surface area contributed by atoms with Crippen molar-refractivity contribution >= 4 is 58.2 Å². The molecule has 12 rings (SSSR count). The zero-order valence-corrected chi connectivity index (χ0v) is 41.6. The van der Waals surface area contributed by atoms with Crippen molar-refractivity contribution in [2.75, 3.05) is 0 Å². The van der Waals surface area contributed by atoms with E-state index in [4.69, 9.17) is 81.1 Å². The molecule has 6 aromatic rings. The zero-order valence-electron chi connectivity index (χ0n) is 38.6. The van der Waals surface area contributed by atoms with E-state index in [9.17, 15) is 10.2 Å². The Hall–Kier alpha value is -4.97. The third-order valence-electron chi connectivity index (χ3n) is 15.6. The number of carbonyl (C=O) groups excluding carboxylic acids is 2. The predicted octanol–water partition coefficient (Wildman–Crippen LogP) is 13.0. The first-order valence-corrected chi connectivity index (χ1v) is 25.8. The average molecular weight is 1040 g/mol. The first-order chi connectivity index (χ1) is 34.5. The smallest absolute Gasteiger partial charge is 0.373 e. The highest BCUT2D eigenvalue weighted by atomic mass is 35.5. The first kappa shape index (κ1) is 49.6. The second kappa shape index (κ2) is 20.9. The van der Waals surface area contributed by atoms with Gasteiger partial charge in [0.1, 0.15) is 34.1 Å². The van der Waals surface area contributed by atoms with Crippen molar-refractivity contribution in [1.82, 2.24) is 20.3 Å². The number of pyridine rings is 2. The molecule has 4 unspecified atom stereocenters. The van der Waals surface area contributed by atoms with Gasteiger partial charge in [-0.2, -0.15) is 9.59 Å². The minimum Gasteiger partial charge on any atom is -0.383 e. The number of fused-ring (bicyclic) bond motifs is 4. The number of halogens is 4. The molecule has 0 amide bonds. The molecule has 0 saturated heterocycles. The highest BCUT2D eigenvalue weighted by molar-refractivity contribution is 6.39. The number of rotatable bonds is 12. The molecule has 0 radical (unpaired) electrons. The molecule has 6 fully saturated rings. The third-order valence-corrected chi connectivity index (χ3v) is 16.9. The average Bonchev–Trinajstić information content (AvgIpc) is 4.30. The van der Waals surface area contributed by atoms with Crippen LogP contribution in [0.4, 0.5) is 5.69 Å². The molecular weight excluding hydrogens is 988 g/mol. The second-order valence-corrected chi connectivity index (χ2v) is 21.3. The summed E-state index contributed by atoms with van der Waals surface area (Å²) in [5.41, 5.74) is 4.62. The van der Waals surface area contributed by atoms with E-state index in [2.05, 4.69) is 25.1 Å². The number of aliphatic hydroxyl groups is 2. The first-order valence-electron chi connectivity index (χ1n) is 24.2. The van der Waals surface area contributed by atoms with Gasteiger partial charge in [-0.25, -0.2) is 4.85 Å². The monoisotopic (exact) mass is 1040 g/mol. The van der Waals surface area contributed by atoms with Crippen LogP contribution in [0.15, 0.2) is 88.2 Å². The second-order valence-electron chi connectivity index (χ2n) is 19.7. The van der Waals surface area contributed by atoms with Crippen LogP contribution >= 0.6 is 46.4 Å². The summed E-state index contributed by atoms with van der Waals surface area (Å²) >= 11 is 25.9. The SMILES string of the molecule is O=C=O.OC1(c2ccccn2)[C@@H]2CC[C@H]1CC(OCc1c(-c3c(Cl)cccc3Cl)noc1C1CC1)C2.[C-]#[N+]c1ccnc(C2(O)[C@@H]3CC[C@H]2CC(OCc2c(-c4c(Cl)cccc4Cl)noc2C2CC2)C3)c1. The Kier molecular flexibility index (Phi) is 14.6. The molecule has 6 saturated carbocycles. The molecule has 6 aliphatic rings. The van der Waals surface area contributed by atoms with Gasteiger partial charge in [-0.1, -0.05) is 74.9 Å². The molecule has 8 atom stereocenters. The number of benzene rings is 2. The molecule has 13 nitrogen and oxygen atoms in total. The van der Waals surface area contributed by atoms with E-state index in [0.29, 0.717) is 79.0 Å². The molecule has 2 aromatic carbocycles. The van der Waals surface area contributed by atoms with Gasteiger partial charge >= 0.3 is 6.15 Å². The van der Waals surface area contributed by atoms with Crippen molar-refractivity contribution in [3.8, 4) is 22.5 Å². The Bertz CT molecular complexity index is 2900. The lowest BCUT2D eigenvalue weighted by Crippen LogP contribution is -2.45. The van der Waals surface area contributed by atoms with Crippen molar-refractivity contribution in [3.05, 3.63) is 145 Å². The van der Waals surface area contributed by atoms with Crippen LogP contribution in [0.2, 0.25) is 20.1 Å². The third kappa shape index (κ3) is 9.72. The summed E-state index contributed by atoms with van der Waals surface area (Å²) in [6.45, 7) is 8.08. The molecule has 2 N–H and O–H groups in total. The fraction of sp³-hybridized carbons (Fsp3) is 0.444. The van der Waals surface area contributed by atoms with Crippen molar-refractivity contribution in [2.45, 2.75) is 126 Å². The lowest BCUT2D eigenvalue weighted by molar-refractivity contribution is -0.191. The molecule has 17 heteroatoms. The van der Waals surface area contributed by atoms with E-state index in [0.717, 1.165) is 105 Å². The maximum atomic E-state index is 11.7. The van der Waals surface area contributed by atoms with Crippen LogP contribution in [0.3, 0.4) is 0 Å². The van der Waals surface area contributed by atoms with Crippen LogP contribution in [0, 0.1) is 30.2 Å². The minimum absolute atomic E-state index is 0.00772. The van der Waals surface area contributed by atoms with Gasteiger partial charge in [-0.3, -0.25) is 9.97 Å². The van der Waals surface area contributed by atoms with Crippen LogP contribution in [0.25, 0.3) is 27.4 Å². The Morgan fingerprint density at radius 1 is 0.606 bits per heavy atom. The standard InChI is InChI=1S/C27H25Cl2N3O3.C26H26Cl2N2O3.CO2/c1-30-18-9-10-31-23(13-18)27(33)16-7-8-17(27)12-19(11-16)34-14-20-25(32-35-26(20)15-5-6-15)24-21(28)3-2-4-22(24)29;27-20-4-3-5-21(28)23(20)24-19(25(33-30-24)15-7-8-15)14-32-18-12-16-9-10-17(13-18)26(16,31)22-6-1-2-11-29-22;2-1-3/h2-4,9-10,13,15-17,19,33H,5-8,11-12,14H2;1-6,11,15-18,31H,7-10,12-14H2;/t16-,17+,19?,27?;16-,17+,18?,26?;. The summed E-state index contributed by atoms with van der Waals surface area (Å²) in [6, 6.07) is 20.1. The minimum atomic E-state index is -1.01. The fourth-order valence-electron chi connectivity index (χ4n) is 11.9. The van der Waals surface area contributed by atoms with Crippen LogP contribution in [-0.4, -0.2) is 48.9 Å². The summed E-state index contributed by atoms with van der Waals surface area (Å²) in [4.78, 5) is 28.7. The van der Waals surface area contributed by atoms with Gasteiger partial charge in [0.25, 0.3) is 0 Å². The number of nitrogens with zero attached hydrogens (tertiary/aromatic N) is 5. The quantitative estimate of drug-likeness (QED) is 0.111. The molecule has 4 bridgehead atoms.